The molecule has 1 heterocycles. The van der Waals surface area contributed by atoms with Crippen LogP contribution in [0.4, 0.5) is 4.48 Å². The first-order valence-electron chi connectivity index (χ1n) is 2.70. The Balaban J connectivity index is 2.26. The molecule has 1 aliphatic heterocycles. The minimum atomic E-state index is 0.574. The van der Waals surface area contributed by atoms with Crippen LogP contribution < -0.4 is 0 Å². The Hall–Kier alpha value is -0.110. The zero-order valence-corrected chi connectivity index (χ0v) is 4.52. The molecule has 1 unspecified atom stereocenters. The first-order chi connectivity index (χ1) is 3.29. The van der Waals surface area contributed by atoms with Crippen molar-refractivity contribution in [2.45, 2.75) is 13.3 Å². The molecule has 2 heteroatoms. The summed E-state index contributed by atoms with van der Waals surface area (Å²) in [4.78, 5) is 0. The van der Waals surface area contributed by atoms with Crippen molar-refractivity contribution in [3.8, 4) is 0 Å². The summed E-state index contributed by atoms with van der Waals surface area (Å²) in [5.74, 6) is 0.574. The van der Waals surface area contributed by atoms with Gasteiger partial charge in [-0.3, -0.25) is 0 Å². The van der Waals surface area contributed by atoms with Gasteiger partial charge in [0.15, 0.2) is 0 Å². The van der Waals surface area contributed by atoms with E-state index in [1.807, 2.05) is 0 Å². The van der Waals surface area contributed by atoms with Crippen molar-refractivity contribution in [2.24, 2.45) is 5.92 Å². The summed E-state index contributed by atoms with van der Waals surface area (Å²) < 4.78 is 12.0. The van der Waals surface area contributed by atoms with Crippen LogP contribution in [0, 0.1) is 5.92 Å². The molecule has 0 aliphatic carbocycles. The first kappa shape index (κ1) is 5.04. The van der Waals surface area contributed by atoms with Crippen molar-refractivity contribution < 1.29 is 4.48 Å². The number of halogens is 1. The molecule has 1 fully saturated rings. The number of nitrogens with zero attached hydrogens (tertiary/aromatic N) is 1. The monoisotopic (exact) mass is 103 g/mol. The standard InChI is InChI=1S/C5H10FN/c1-5-2-3-7(6)4-5/h5H,2-4H2,1H3. The second-order valence-corrected chi connectivity index (χ2v) is 2.26. The highest BCUT2D eigenvalue weighted by atomic mass is 19.2. The van der Waals surface area contributed by atoms with Gasteiger partial charge in [0.05, 0.1) is 0 Å². The largest absolute Gasteiger partial charge is 0.146 e. The average Bonchev–Trinajstić information content (AvgIpc) is 1.87. The Labute approximate surface area is 43.1 Å². The van der Waals surface area contributed by atoms with Crippen molar-refractivity contribution in [1.29, 1.82) is 0 Å². The molecule has 1 saturated heterocycles. The van der Waals surface area contributed by atoms with Crippen LogP contribution in [0.1, 0.15) is 13.3 Å². The second kappa shape index (κ2) is 1.78. The van der Waals surface area contributed by atoms with Crippen LogP contribution in [0.3, 0.4) is 0 Å². The van der Waals surface area contributed by atoms with Gasteiger partial charge in [-0.2, -0.15) is 0 Å². The van der Waals surface area contributed by atoms with E-state index in [2.05, 4.69) is 6.92 Å². The zero-order chi connectivity index (χ0) is 5.28. The van der Waals surface area contributed by atoms with Crippen molar-refractivity contribution in [3.63, 3.8) is 0 Å². The van der Waals surface area contributed by atoms with Crippen molar-refractivity contribution in [3.05, 3.63) is 0 Å². The highest BCUT2D eigenvalue weighted by Crippen LogP contribution is 2.13. The highest BCUT2D eigenvalue weighted by molar-refractivity contribution is 4.64. The molecule has 0 radical (unpaired) electrons. The summed E-state index contributed by atoms with van der Waals surface area (Å²) in [6, 6.07) is 0. The van der Waals surface area contributed by atoms with Gasteiger partial charge in [0.2, 0.25) is 0 Å². The molecule has 0 spiro atoms. The molecular weight excluding hydrogens is 93.1 g/mol. The van der Waals surface area contributed by atoms with Crippen LogP contribution in [0.5, 0.6) is 0 Å². The molecule has 0 N–H and O–H groups in total. The molecule has 0 aromatic rings. The molecule has 1 nitrogen and oxygen atoms in total. The normalized spacial score (nSPS) is 34.3. The van der Waals surface area contributed by atoms with E-state index in [-0.39, 0.29) is 0 Å². The van der Waals surface area contributed by atoms with Crippen LogP contribution in [0.2, 0.25) is 0 Å². The van der Waals surface area contributed by atoms with Gasteiger partial charge in [-0.15, -0.1) is 9.60 Å². The lowest BCUT2D eigenvalue weighted by atomic mass is 10.2. The Bertz CT molecular complexity index is 57.1. The third kappa shape index (κ3) is 1.13. The second-order valence-electron chi connectivity index (χ2n) is 2.26. The summed E-state index contributed by atoms with van der Waals surface area (Å²) in [6.45, 7) is 3.35. The van der Waals surface area contributed by atoms with E-state index in [1.165, 1.54) is 0 Å². The van der Waals surface area contributed by atoms with Crippen molar-refractivity contribution in [1.82, 2.24) is 5.12 Å². The van der Waals surface area contributed by atoms with Crippen LogP contribution in [-0.2, 0) is 0 Å². The highest BCUT2D eigenvalue weighted by Gasteiger charge is 2.16. The van der Waals surface area contributed by atoms with Gasteiger partial charge in [-0.25, -0.2) is 0 Å². The number of rotatable bonds is 0. The smallest absolute Gasteiger partial charge is 0.0316 e. The van der Waals surface area contributed by atoms with E-state index in [4.69, 9.17) is 0 Å². The van der Waals surface area contributed by atoms with Crippen molar-refractivity contribution >= 4 is 0 Å². The Morgan fingerprint density at radius 2 is 2.43 bits per heavy atom. The molecule has 1 atom stereocenters. The average molecular weight is 103 g/mol. The molecule has 0 aromatic heterocycles. The van der Waals surface area contributed by atoms with E-state index >= 15 is 0 Å². The fourth-order valence-electron chi connectivity index (χ4n) is 0.881. The van der Waals surface area contributed by atoms with Gasteiger partial charge >= 0.3 is 0 Å². The molecule has 0 bridgehead atoms. The SMILES string of the molecule is CC1CCN(F)C1. The van der Waals surface area contributed by atoms with Gasteiger partial charge in [-0.1, -0.05) is 6.92 Å². The summed E-state index contributed by atoms with van der Waals surface area (Å²) >= 11 is 0. The van der Waals surface area contributed by atoms with E-state index in [9.17, 15) is 4.48 Å². The van der Waals surface area contributed by atoms with Crippen LogP contribution in [0.15, 0.2) is 0 Å². The molecular formula is C5H10FN. The summed E-state index contributed by atoms with van der Waals surface area (Å²) in [5, 5.41) is 0.880. The number of hydrogen-bond donors (Lipinski definition) is 0. The fraction of sp³-hybridized carbons (Fsp3) is 1.00. The van der Waals surface area contributed by atoms with E-state index in [0.717, 1.165) is 11.5 Å². The van der Waals surface area contributed by atoms with E-state index < -0.39 is 0 Å². The number of hydrogen-bond acceptors (Lipinski definition) is 1. The predicted octanol–water partition coefficient (Wildman–Crippen LogP) is 1.21. The molecule has 0 aromatic carbocycles. The fourth-order valence-corrected chi connectivity index (χ4v) is 0.881. The molecule has 0 amide bonds. The summed E-state index contributed by atoms with van der Waals surface area (Å²) in [7, 11) is 0. The van der Waals surface area contributed by atoms with E-state index in [0.29, 0.717) is 19.0 Å². The molecule has 1 aliphatic rings. The summed E-state index contributed by atoms with van der Waals surface area (Å²) in [5.41, 5.74) is 0. The third-order valence-corrected chi connectivity index (χ3v) is 1.37. The molecule has 42 valence electrons. The topological polar surface area (TPSA) is 3.24 Å². The summed E-state index contributed by atoms with van der Waals surface area (Å²) in [6.07, 6.45) is 1.02. The Morgan fingerprint density at radius 1 is 1.71 bits per heavy atom. The first-order valence-corrected chi connectivity index (χ1v) is 2.70. The predicted molar refractivity (Wildman–Crippen MR) is 26.5 cm³/mol. The molecule has 0 saturated carbocycles. The zero-order valence-electron chi connectivity index (χ0n) is 4.52. The maximum Gasteiger partial charge on any atom is 0.0316 e. The van der Waals surface area contributed by atoms with Gasteiger partial charge in [-0.05, 0) is 12.3 Å². The lowest BCUT2D eigenvalue weighted by molar-refractivity contribution is 0.0531. The molecule has 7 heavy (non-hydrogen) atoms. The molecule has 1 rings (SSSR count). The van der Waals surface area contributed by atoms with Crippen molar-refractivity contribution in [2.75, 3.05) is 13.1 Å². The van der Waals surface area contributed by atoms with Crippen LogP contribution in [-0.4, -0.2) is 18.2 Å². The minimum absolute atomic E-state index is 0.574. The third-order valence-electron chi connectivity index (χ3n) is 1.37. The van der Waals surface area contributed by atoms with Gasteiger partial charge in [0.1, 0.15) is 0 Å². The maximum absolute atomic E-state index is 12.0. The van der Waals surface area contributed by atoms with Crippen LogP contribution >= 0.6 is 0 Å². The van der Waals surface area contributed by atoms with Gasteiger partial charge in [0.25, 0.3) is 0 Å². The lowest BCUT2D eigenvalue weighted by Crippen LogP contribution is -2.06. The van der Waals surface area contributed by atoms with Gasteiger partial charge in [0, 0.05) is 13.1 Å². The quantitative estimate of drug-likeness (QED) is 0.416. The van der Waals surface area contributed by atoms with Crippen LogP contribution in [0.25, 0.3) is 0 Å². The van der Waals surface area contributed by atoms with E-state index in [1.54, 1.807) is 0 Å². The maximum atomic E-state index is 12.0. The lowest BCUT2D eigenvalue weighted by Gasteiger charge is -1.97. The van der Waals surface area contributed by atoms with Gasteiger partial charge < -0.3 is 0 Å². The Morgan fingerprint density at radius 3 is 2.57 bits per heavy atom. The minimum Gasteiger partial charge on any atom is -0.146 e. The Kier molecular flexibility index (Phi) is 1.28.